The Morgan fingerprint density at radius 2 is 2.00 bits per heavy atom. The standard InChI is InChI=1S/C23H31N3OS/c1-4-24-23(25-15-19-11-10-17(2)14-21(19)28-3)26-16-20-12-13-27-22(20)18-8-6-5-7-9-18/h5-11,14,20,22H,4,12-13,15-16H2,1-3H3,(H2,24,25,26). The quantitative estimate of drug-likeness (QED) is 0.409. The monoisotopic (exact) mass is 397 g/mol. The Morgan fingerprint density at radius 3 is 2.75 bits per heavy atom. The van der Waals surface area contributed by atoms with Crippen molar-refractivity contribution in [2.24, 2.45) is 10.9 Å². The van der Waals surface area contributed by atoms with Gasteiger partial charge in [0, 0.05) is 30.5 Å². The predicted molar refractivity (Wildman–Crippen MR) is 119 cm³/mol. The molecule has 5 heteroatoms. The molecule has 28 heavy (non-hydrogen) atoms. The Hall–Kier alpha value is -1.98. The fourth-order valence-electron chi connectivity index (χ4n) is 3.57. The van der Waals surface area contributed by atoms with E-state index in [1.165, 1.54) is 21.6 Å². The summed E-state index contributed by atoms with van der Waals surface area (Å²) in [6, 6.07) is 17.1. The molecule has 1 aliphatic rings. The van der Waals surface area contributed by atoms with Crippen LogP contribution >= 0.6 is 11.8 Å². The van der Waals surface area contributed by atoms with Gasteiger partial charge in [-0.25, -0.2) is 4.99 Å². The molecule has 1 aliphatic heterocycles. The van der Waals surface area contributed by atoms with E-state index in [0.29, 0.717) is 12.5 Å². The maximum atomic E-state index is 6.01. The molecule has 150 valence electrons. The van der Waals surface area contributed by atoms with Gasteiger partial charge in [0.25, 0.3) is 0 Å². The van der Waals surface area contributed by atoms with Crippen LogP contribution in [-0.2, 0) is 11.3 Å². The number of thioether (sulfide) groups is 1. The van der Waals surface area contributed by atoms with Crippen LogP contribution in [0.3, 0.4) is 0 Å². The van der Waals surface area contributed by atoms with Crippen LogP contribution < -0.4 is 10.6 Å². The largest absolute Gasteiger partial charge is 0.373 e. The van der Waals surface area contributed by atoms with Gasteiger partial charge in [0.2, 0.25) is 0 Å². The number of aryl methyl sites for hydroxylation is 1. The summed E-state index contributed by atoms with van der Waals surface area (Å²) in [4.78, 5) is 6.12. The molecule has 2 aromatic carbocycles. The van der Waals surface area contributed by atoms with Crippen molar-refractivity contribution in [3.63, 3.8) is 0 Å². The molecule has 0 saturated carbocycles. The molecule has 0 radical (unpaired) electrons. The SMILES string of the molecule is CCNC(=NCc1ccc(C)cc1SC)NCC1CCOC1c1ccccc1. The van der Waals surface area contributed by atoms with Crippen LogP contribution in [0.5, 0.6) is 0 Å². The summed E-state index contributed by atoms with van der Waals surface area (Å²) in [5.74, 6) is 1.32. The van der Waals surface area contributed by atoms with Gasteiger partial charge in [-0.2, -0.15) is 0 Å². The topological polar surface area (TPSA) is 45.7 Å². The first-order valence-electron chi connectivity index (χ1n) is 10.0. The Labute approximate surface area is 173 Å². The molecule has 4 nitrogen and oxygen atoms in total. The van der Waals surface area contributed by atoms with E-state index in [4.69, 9.17) is 9.73 Å². The second kappa shape index (κ2) is 10.5. The van der Waals surface area contributed by atoms with Gasteiger partial charge < -0.3 is 15.4 Å². The number of aliphatic imine (C=N–C) groups is 1. The molecule has 0 bridgehead atoms. The Kier molecular flexibility index (Phi) is 7.80. The lowest BCUT2D eigenvalue weighted by molar-refractivity contribution is 0.0915. The molecule has 1 heterocycles. The van der Waals surface area contributed by atoms with Crippen molar-refractivity contribution >= 4 is 17.7 Å². The summed E-state index contributed by atoms with van der Waals surface area (Å²) in [6.07, 6.45) is 3.35. The summed E-state index contributed by atoms with van der Waals surface area (Å²) < 4.78 is 6.01. The number of guanidine groups is 1. The van der Waals surface area contributed by atoms with Gasteiger partial charge in [-0.05, 0) is 49.3 Å². The number of rotatable bonds is 7. The van der Waals surface area contributed by atoms with Crippen LogP contribution in [0.4, 0.5) is 0 Å². The first kappa shape index (κ1) is 20.7. The fraction of sp³-hybridized carbons (Fsp3) is 0.435. The first-order chi connectivity index (χ1) is 13.7. The molecule has 2 unspecified atom stereocenters. The van der Waals surface area contributed by atoms with Crippen molar-refractivity contribution in [1.29, 1.82) is 0 Å². The second-order valence-corrected chi connectivity index (χ2v) is 7.99. The number of hydrogen-bond acceptors (Lipinski definition) is 3. The lowest BCUT2D eigenvalue weighted by Gasteiger charge is -2.21. The number of ether oxygens (including phenoxy) is 1. The lowest BCUT2D eigenvalue weighted by Crippen LogP contribution is -2.40. The zero-order chi connectivity index (χ0) is 19.8. The highest BCUT2D eigenvalue weighted by atomic mass is 32.2. The number of benzene rings is 2. The summed E-state index contributed by atoms with van der Waals surface area (Å²) in [6.45, 7) is 7.43. The van der Waals surface area contributed by atoms with Gasteiger partial charge in [0.1, 0.15) is 0 Å². The van der Waals surface area contributed by atoms with E-state index < -0.39 is 0 Å². The molecule has 0 aromatic heterocycles. The minimum Gasteiger partial charge on any atom is -0.373 e. The highest BCUT2D eigenvalue weighted by molar-refractivity contribution is 7.98. The van der Waals surface area contributed by atoms with E-state index in [9.17, 15) is 0 Å². The summed E-state index contributed by atoms with van der Waals surface area (Å²) >= 11 is 1.78. The maximum absolute atomic E-state index is 6.01. The fourth-order valence-corrected chi connectivity index (χ4v) is 4.27. The normalized spacial score (nSPS) is 19.6. The molecule has 0 amide bonds. The third kappa shape index (κ3) is 5.52. The summed E-state index contributed by atoms with van der Waals surface area (Å²) in [7, 11) is 0. The Morgan fingerprint density at radius 1 is 1.18 bits per heavy atom. The van der Waals surface area contributed by atoms with E-state index in [-0.39, 0.29) is 6.10 Å². The smallest absolute Gasteiger partial charge is 0.191 e. The highest BCUT2D eigenvalue weighted by Crippen LogP contribution is 2.33. The molecule has 0 aliphatic carbocycles. The lowest BCUT2D eigenvalue weighted by atomic mass is 9.95. The zero-order valence-corrected chi connectivity index (χ0v) is 17.9. The highest BCUT2D eigenvalue weighted by Gasteiger charge is 2.29. The van der Waals surface area contributed by atoms with Gasteiger partial charge >= 0.3 is 0 Å². The van der Waals surface area contributed by atoms with Crippen LogP contribution in [0.1, 0.15) is 36.1 Å². The Bertz CT molecular complexity index is 779. The minimum absolute atomic E-state index is 0.164. The van der Waals surface area contributed by atoms with Crippen LogP contribution in [0.15, 0.2) is 58.4 Å². The molecule has 1 saturated heterocycles. The Balaban J connectivity index is 1.63. The molecule has 2 aromatic rings. The minimum atomic E-state index is 0.164. The van der Waals surface area contributed by atoms with Gasteiger partial charge in [-0.15, -0.1) is 11.8 Å². The van der Waals surface area contributed by atoms with Crippen LogP contribution in [-0.4, -0.2) is 31.9 Å². The van der Waals surface area contributed by atoms with Crippen molar-refractivity contribution in [3.8, 4) is 0 Å². The van der Waals surface area contributed by atoms with Crippen molar-refractivity contribution in [2.45, 2.75) is 37.8 Å². The molecule has 2 N–H and O–H groups in total. The third-order valence-electron chi connectivity index (χ3n) is 5.07. The van der Waals surface area contributed by atoms with Gasteiger partial charge in [0.15, 0.2) is 5.96 Å². The molecule has 1 fully saturated rings. The van der Waals surface area contributed by atoms with E-state index in [2.05, 4.69) is 79.3 Å². The zero-order valence-electron chi connectivity index (χ0n) is 17.1. The average Bonchev–Trinajstić information content (AvgIpc) is 3.20. The number of nitrogens with zero attached hydrogens (tertiary/aromatic N) is 1. The molecular weight excluding hydrogens is 366 g/mol. The summed E-state index contributed by atoms with van der Waals surface area (Å²) in [5.41, 5.74) is 3.81. The van der Waals surface area contributed by atoms with E-state index >= 15 is 0 Å². The predicted octanol–water partition coefficient (Wildman–Crippen LogP) is 4.55. The maximum Gasteiger partial charge on any atom is 0.191 e. The van der Waals surface area contributed by atoms with Gasteiger partial charge in [0.05, 0.1) is 12.6 Å². The van der Waals surface area contributed by atoms with Gasteiger partial charge in [-0.1, -0.05) is 42.5 Å². The van der Waals surface area contributed by atoms with Crippen LogP contribution in [0.2, 0.25) is 0 Å². The van der Waals surface area contributed by atoms with E-state index in [1.807, 2.05) is 0 Å². The number of nitrogens with one attached hydrogen (secondary N) is 2. The first-order valence-corrected chi connectivity index (χ1v) is 11.3. The van der Waals surface area contributed by atoms with Gasteiger partial charge in [-0.3, -0.25) is 0 Å². The molecule has 2 atom stereocenters. The van der Waals surface area contributed by atoms with E-state index in [0.717, 1.165) is 32.1 Å². The van der Waals surface area contributed by atoms with Crippen molar-refractivity contribution in [3.05, 3.63) is 65.2 Å². The van der Waals surface area contributed by atoms with Crippen molar-refractivity contribution in [2.75, 3.05) is 26.0 Å². The van der Waals surface area contributed by atoms with Crippen LogP contribution in [0.25, 0.3) is 0 Å². The number of hydrogen-bond donors (Lipinski definition) is 2. The van der Waals surface area contributed by atoms with Crippen LogP contribution in [0, 0.1) is 12.8 Å². The second-order valence-electron chi connectivity index (χ2n) is 7.14. The molecule has 3 rings (SSSR count). The third-order valence-corrected chi connectivity index (χ3v) is 5.89. The summed E-state index contributed by atoms with van der Waals surface area (Å²) in [5, 5.41) is 6.91. The van der Waals surface area contributed by atoms with Crippen molar-refractivity contribution < 1.29 is 4.74 Å². The average molecular weight is 398 g/mol. The van der Waals surface area contributed by atoms with E-state index in [1.54, 1.807) is 11.8 Å². The molecule has 0 spiro atoms. The molecular formula is C23H31N3OS. The van der Waals surface area contributed by atoms with Crippen molar-refractivity contribution in [1.82, 2.24) is 10.6 Å².